The van der Waals surface area contributed by atoms with Gasteiger partial charge in [-0.25, -0.2) is 9.78 Å². The maximum Gasteiger partial charge on any atom is 0.340 e. The summed E-state index contributed by atoms with van der Waals surface area (Å²) in [4.78, 5) is 34.3. The van der Waals surface area contributed by atoms with Crippen LogP contribution in [0.1, 0.15) is 28.5 Å². The van der Waals surface area contributed by atoms with Crippen molar-refractivity contribution in [3.05, 3.63) is 27.2 Å². The smallest absolute Gasteiger partial charge is 0.340 e. The molecule has 2 rings (SSSR count). The number of ether oxygens (including phenoxy) is 1. The van der Waals surface area contributed by atoms with Crippen LogP contribution in [0, 0.1) is 13.8 Å². The lowest BCUT2D eigenvalue weighted by Crippen LogP contribution is -2.17. The van der Waals surface area contributed by atoms with Crippen molar-refractivity contribution >= 4 is 23.0 Å². The lowest BCUT2D eigenvalue weighted by atomic mass is 10.0. The molecule has 7 heteroatoms. The first-order chi connectivity index (χ1) is 8.95. The first-order valence-electron chi connectivity index (χ1n) is 5.79. The van der Waals surface area contributed by atoms with Crippen LogP contribution in [0.3, 0.4) is 0 Å². The second kappa shape index (κ2) is 4.68. The molecule has 19 heavy (non-hydrogen) atoms. The molecular weight excluding hydrogens is 248 g/mol. The quantitative estimate of drug-likeness (QED) is 0.770. The van der Waals surface area contributed by atoms with Crippen molar-refractivity contribution < 1.29 is 9.53 Å². The predicted octanol–water partition coefficient (Wildman–Crippen LogP) is 0.694. The predicted molar refractivity (Wildman–Crippen MR) is 70.0 cm³/mol. The lowest BCUT2D eigenvalue weighted by molar-refractivity contribution is 0.0524. The van der Waals surface area contributed by atoms with E-state index in [0.717, 1.165) is 0 Å². The van der Waals surface area contributed by atoms with Crippen LogP contribution in [0.15, 0.2) is 4.79 Å². The summed E-state index contributed by atoms with van der Waals surface area (Å²) in [5, 5.41) is 0.253. The highest BCUT2D eigenvalue weighted by atomic mass is 16.5. The van der Waals surface area contributed by atoms with Gasteiger partial charge in [0.05, 0.1) is 23.3 Å². The Kier molecular flexibility index (Phi) is 3.20. The molecule has 0 bridgehead atoms. The number of nitrogens with zero attached hydrogens (tertiary/aromatic N) is 2. The van der Waals surface area contributed by atoms with E-state index >= 15 is 0 Å². The van der Waals surface area contributed by atoms with E-state index in [1.165, 1.54) is 0 Å². The number of nitrogen functional groups attached to an aromatic ring is 1. The zero-order chi connectivity index (χ0) is 14.2. The third-order valence-corrected chi connectivity index (χ3v) is 2.78. The fraction of sp³-hybridized carbons (Fsp3) is 0.333. The van der Waals surface area contributed by atoms with E-state index in [1.54, 1.807) is 20.8 Å². The van der Waals surface area contributed by atoms with Gasteiger partial charge in [0.15, 0.2) is 5.65 Å². The van der Waals surface area contributed by atoms with Gasteiger partial charge in [-0.05, 0) is 26.3 Å². The van der Waals surface area contributed by atoms with Gasteiger partial charge in [0.25, 0.3) is 5.56 Å². The zero-order valence-corrected chi connectivity index (χ0v) is 10.9. The molecule has 0 aliphatic carbocycles. The number of anilines is 1. The van der Waals surface area contributed by atoms with Gasteiger partial charge in [-0.15, -0.1) is 0 Å². The number of hydrogen-bond acceptors (Lipinski definition) is 6. The molecule has 0 radical (unpaired) electrons. The largest absolute Gasteiger partial charge is 0.462 e. The number of aromatic nitrogens is 3. The van der Waals surface area contributed by atoms with Crippen molar-refractivity contribution in [2.24, 2.45) is 0 Å². The molecule has 0 saturated heterocycles. The fourth-order valence-electron chi connectivity index (χ4n) is 2.01. The van der Waals surface area contributed by atoms with E-state index in [1.807, 2.05) is 0 Å². The third kappa shape index (κ3) is 2.14. The summed E-state index contributed by atoms with van der Waals surface area (Å²) in [6.07, 6.45) is 0. The van der Waals surface area contributed by atoms with Crippen LogP contribution in [0.4, 0.5) is 5.95 Å². The maximum absolute atomic E-state index is 11.9. The summed E-state index contributed by atoms with van der Waals surface area (Å²) >= 11 is 0. The second-order valence-electron chi connectivity index (χ2n) is 4.07. The Labute approximate surface area is 108 Å². The van der Waals surface area contributed by atoms with Gasteiger partial charge in [0, 0.05) is 0 Å². The van der Waals surface area contributed by atoms with Crippen LogP contribution in [0.2, 0.25) is 0 Å². The Balaban J connectivity index is 2.82. The van der Waals surface area contributed by atoms with Crippen molar-refractivity contribution in [2.75, 3.05) is 12.3 Å². The highest BCUT2D eigenvalue weighted by molar-refractivity contribution is 5.97. The monoisotopic (exact) mass is 262 g/mol. The van der Waals surface area contributed by atoms with Crippen LogP contribution in [-0.2, 0) is 4.74 Å². The fourth-order valence-corrected chi connectivity index (χ4v) is 2.01. The minimum atomic E-state index is -0.497. The number of nitrogens with one attached hydrogen (secondary N) is 1. The number of nitrogens with two attached hydrogens (primary N) is 1. The molecule has 0 fully saturated rings. The number of carbonyl (C=O) groups excluding carboxylic acids is 1. The first-order valence-corrected chi connectivity index (χ1v) is 5.79. The summed E-state index contributed by atoms with van der Waals surface area (Å²) in [7, 11) is 0. The summed E-state index contributed by atoms with van der Waals surface area (Å²) in [6, 6.07) is 0. The summed E-state index contributed by atoms with van der Waals surface area (Å²) in [5.41, 5.74) is 6.53. The number of hydrogen-bond donors (Lipinski definition) is 2. The number of H-pyrrole nitrogens is 1. The molecule has 0 atom stereocenters. The number of aromatic amines is 1. The molecular formula is C12H14N4O3. The van der Waals surface area contributed by atoms with E-state index in [4.69, 9.17) is 10.5 Å². The highest BCUT2D eigenvalue weighted by Crippen LogP contribution is 2.19. The van der Waals surface area contributed by atoms with Crippen LogP contribution >= 0.6 is 0 Å². The number of carbonyl (C=O) groups is 1. The molecule has 2 heterocycles. The topological polar surface area (TPSA) is 111 Å². The summed E-state index contributed by atoms with van der Waals surface area (Å²) in [5.74, 6) is -0.504. The van der Waals surface area contributed by atoms with E-state index < -0.39 is 11.5 Å². The van der Waals surface area contributed by atoms with Crippen LogP contribution < -0.4 is 11.3 Å². The normalized spacial score (nSPS) is 10.7. The number of rotatable bonds is 2. The summed E-state index contributed by atoms with van der Waals surface area (Å²) in [6.45, 7) is 5.30. The second-order valence-corrected chi connectivity index (χ2v) is 4.07. The van der Waals surface area contributed by atoms with Gasteiger partial charge in [0.1, 0.15) is 0 Å². The SMILES string of the molecule is CCOC(=O)c1c(C)nc2nc(N)[nH]c(=O)c2c1C. The first kappa shape index (κ1) is 13.0. The zero-order valence-electron chi connectivity index (χ0n) is 10.9. The number of fused-ring (bicyclic) bond motifs is 1. The van der Waals surface area contributed by atoms with Crippen LogP contribution in [-0.4, -0.2) is 27.5 Å². The van der Waals surface area contributed by atoms with E-state index in [2.05, 4.69) is 15.0 Å². The van der Waals surface area contributed by atoms with Crippen LogP contribution in [0.25, 0.3) is 11.0 Å². The van der Waals surface area contributed by atoms with Crippen molar-refractivity contribution in [2.45, 2.75) is 20.8 Å². The molecule has 0 unspecified atom stereocenters. The Morgan fingerprint density at radius 3 is 2.68 bits per heavy atom. The molecule has 0 aliphatic rings. The molecule has 2 aromatic rings. The number of pyridine rings is 1. The van der Waals surface area contributed by atoms with Gasteiger partial charge in [0.2, 0.25) is 5.95 Å². The highest BCUT2D eigenvalue weighted by Gasteiger charge is 2.19. The van der Waals surface area contributed by atoms with Gasteiger partial charge in [-0.1, -0.05) is 0 Å². The molecule has 0 spiro atoms. The molecule has 0 amide bonds. The molecule has 2 aromatic heterocycles. The molecule has 3 N–H and O–H groups in total. The Morgan fingerprint density at radius 1 is 1.37 bits per heavy atom. The molecule has 0 saturated carbocycles. The van der Waals surface area contributed by atoms with Crippen molar-refractivity contribution in [3.8, 4) is 0 Å². The van der Waals surface area contributed by atoms with Gasteiger partial charge in [-0.2, -0.15) is 4.98 Å². The van der Waals surface area contributed by atoms with Gasteiger partial charge in [-0.3, -0.25) is 9.78 Å². The standard InChI is InChI=1S/C12H14N4O3/c1-4-19-11(18)7-5(2)8-9(14-6(7)3)15-12(13)16-10(8)17/h4H2,1-3H3,(H3,13,14,15,16,17). The van der Waals surface area contributed by atoms with E-state index in [0.29, 0.717) is 16.8 Å². The van der Waals surface area contributed by atoms with Crippen molar-refractivity contribution in [1.82, 2.24) is 15.0 Å². The van der Waals surface area contributed by atoms with Gasteiger partial charge < -0.3 is 10.5 Å². The molecule has 7 nitrogen and oxygen atoms in total. The number of aryl methyl sites for hydroxylation is 2. The third-order valence-electron chi connectivity index (χ3n) is 2.78. The van der Waals surface area contributed by atoms with Crippen LogP contribution in [0.5, 0.6) is 0 Å². The Hall–Kier alpha value is -2.44. The van der Waals surface area contributed by atoms with E-state index in [9.17, 15) is 9.59 Å². The minimum absolute atomic E-state index is 0.00677. The maximum atomic E-state index is 11.9. The summed E-state index contributed by atoms with van der Waals surface area (Å²) < 4.78 is 4.97. The Bertz CT molecular complexity index is 721. The van der Waals surface area contributed by atoms with Crippen molar-refractivity contribution in [3.63, 3.8) is 0 Å². The average Bonchev–Trinajstić information content (AvgIpc) is 2.27. The Morgan fingerprint density at radius 2 is 2.05 bits per heavy atom. The lowest BCUT2D eigenvalue weighted by Gasteiger charge is -2.10. The molecule has 100 valence electrons. The van der Waals surface area contributed by atoms with Crippen molar-refractivity contribution in [1.29, 1.82) is 0 Å². The molecule has 0 aliphatic heterocycles. The van der Waals surface area contributed by atoms with Gasteiger partial charge >= 0.3 is 5.97 Å². The minimum Gasteiger partial charge on any atom is -0.462 e. The number of esters is 1. The average molecular weight is 262 g/mol. The molecule has 0 aromatic carbocycles. The van der Waals surface area contributed by atoms with E-state index in [-0.39, 0.29) is 23.6 Å².